The minimum absolute atomic E-state index is 0.0716. The van der Waals surface area contributed by atoms with Crippen LogP contribution in [0.1, 0.15) is 39.0 Å². The number of aryl methyl sites for hydroxylation is 1. The molecule has 0 saturated carbocycles. The number of H-pyrrole nitrogens is 1. The van der Waals surface area contributed by atoms with Gasteiger partial charge in [0.1, 0.15) is 5.82 Å². The van der Waals surface area contributed by atoms with E-state index in [1.807, 2.05) is 4.57 Å². The van der Waals surface area contributed by atoms with E-state index in [0.717, 1.165) is 5.56 Å². The second kappa shape index (κ2) is 8.57. The van der Waals surface area contributed by atoms with Crippen molar-refractivity contribution in [3.05, 3.63) is 65.3 Å². The molecule has 150 valence electrons. The van der Waals surface area contributed by atoms with Crippen LogP contribution in [0.4, 0.5) is 4.39 Å². The minimum atomic E-state index is -0.328. The van der Waals surface area contributed by atoms with E-state index in [9.17, 15) is 14.0 Å². The van der Waals surface area contributed by atoms with Gasteiger partial charge in [-0.2, -0.15) is 0 Å². The van der Waals surface area contributed by atoms with Gasteiger partial charge in [-0.1, -0.05) is 17.8 Å². The molecule has 0 fully saturated rings. The number of hydrogen-bond acceptors (Lipinski definition) is 5. The van der Waals surface area contributed by atoms with Gasteiger partial charge in [-0.15, -0.1) is 16.8 Å². The fraction of sp³-hybridized carbons (Fsp3) is 0.238. The highest BCUT2D eigenvalue weighted by molar-refractivity contribution is 7.99. The average molecular weight is 412 g/mol. The van der Waals surface area contributed by atoms with Crippen LogP contribution in [0, 0.1) is 19.7 Å². The lowest BCUT2D eigenvalue weighted by Gasteiger charge is -2.07. The molecule has 0 radical (unpaired) electrons. The summed E-state index contributed by atoms with van der Waals surface area (Å²) in [6.07, 6.45) is 1.71. The third-order valence-corrected chi connectivity index (χ3v) is 5.50. The number of allylic oxidation sites excluding steroid dienone is 1. The molecule has 0 unspecified atom stereocenters. The summed E-state index contributed by atoms with van der Waals surface area (Å²) in [5.41, 5.74) is 3.08. The van der Waals surface area contributed by atoms with E-state index in [4.69, 9.17) is 0 Å². The zero-order chi connectivity index (χ0) is 21.1. The monoisotopic (exact) mass is 412 g/mol. The molecule has 2 heterocycles. The van der Waals surface area contributed by atoms with Crippen LogP contribution in [-0.2, 0) is 6.54 Å². The van der Waals surface area contributed by atoms with Gasteiger partial charge in [0.05, 0.1) is 11.4 Å². The van der Waals surface area contributed by atoms with Crippen LogP contribution in [0.3, 0.4) is 0 Å². The molecule has 0 amide bonds. The van der Waals surface area contributed by atoms with Crippen molar-refractivity contribution < 1.29 is 14.0 Å². The second-order valence-corrected chi connectivity index (χ2v) is 7.55. The second-order valence-electron chi connectivity index (χ2n) is 6.61. The summed E-state index contributed by atoms with van der Waals surface area (Å²) in [4.78, 5) is 27.5. The van der Waals surface area contributed by atoms with Crippen molar-refractivity contribution >= 4 is 23.3 Å². The number of nitrogens with one attached hydrogen (secondary N) is 1. The summed E-state index contributed by atoms with van der Waals surface area (Å²) >= 11 is 1.25. The van der Waals surface area contributed by atoms with Crippen LogP contribution in [0.2, 0.25) is 0 Å². The maximum atomic E-state index is 13.2. The van der Waals surface area contributed by atoms with Gasteiger partial charge < -0.3 is 4.98 Å². The molecule has 0 aliphatic heterocycles. The van der Waals surface area contributed by atoms with Gasteiger partial charge in [0.15, 0.2) is 22.5 Å². The fourth-order valence-electron chi connectivity index (χ4n) is 3.26. The Hall–Kier alpha value is -3.00. The minimum Gasteiger partial charge on any atom is -0.355 e. The van der Waals surface area contributed by atoms with Crippen LogP contribution in [0.25, 0.3) is 11.4 Å². The highest BCUT2D eigenvalue weighted by Crippen LogP contribution is 2.26. The van der Waals surface area contributed by atoms with E-state index in [-0.39, 0.29) is 23.1 Å². The van der Waals surface area contributed by atoms with Crippen LogP contribution in [0.15, 0.2) is 42.1 Å². The Balaban J connectivity index is 1.83. The molecule has 0 aliphatic carbocycles. The molecular formula is C21H21FN4O2S. The van der Waals surface area contributed by atoms with Crippen molar-refractivity contribution in [2.45, 2.75) is 32.5 Å². The first kappa shape index (κ1) is 20.7. The first-order valence-corrected chi connectivity index (χ1v) is 9.98. The molecular weight excluding hydrogens is 391 g/mol. The molecule has 2 aromatic heterocycles. The zero-order valence-corrected chi connectivity index (χ0v) is 17.3. The van der Waals surface area contributed by atoms with Gasteiger partial charge in [0, 0.05) is 23.4 Å². The van der Waals surface area contributed by atoms with E-state index in [2.05, 4.69) is 21.8 Å². The number of thioether (sulfide) groups is 1. The summed E-state index contributed by atoms with van der Waals surface area (Å²) < 4.78 is 15.0. The van der Waals surface area contributed by atoms with Crippen LogP contribution in [0.5, 0.6) is 0 Å². The lowest BCUT2D eigenvalue weighted by Crippen LogP contribution is -2.07. The summed E-state index contributed by atoms with van der Waals surface area (Å²) in [5, 5.41) is 8.95. The Kier molecular flexibility index (Phi) is 6.12. The Labute approximate surface area is 172 Å². The largest absolute Gasteiger partial charge is 0.355 e. The number of Topliss-reactive ketones (excluding diaryl/α,β-unsaturated/α-hetero) is 2. The van der Waals surface area contributed by atoms with Crippen LogP contribution >= 0.6 is 11.8 Å². The molecule has 0 spiro atoms. The standard InChI is InChI=1S/C21H21FN4O2S/c1-5-10-26-20(15-6-8-16(22)9-7-15)24-25-21(26)29-11-17(28)19-12(2)18(14(4)27)13(3)23-19/h5-9,23H,1,10-11H2,2-4H3. The first-order valence-electron chi connectivity index (χ1n) is 8.99. The third-order valence-electron chi connectivity index (χ3n) is 4.53. The molecule has 6 nitrogen and oxygen atoms in total. The van der Waals surface area contributed by atoms with Crippen molar-refractivity contribution in [1.29, 1.82) is 0 Å². The lowest BCUT2D eigenvalue weighted by atomic mass is 10.1. The number of hydrogen-bond donors (Lipinski definition) is 1. The van der Waals surface area contributed by atoms with Gasteiger partial charge in [0.2, 0.25) is 0 Å². The number of carbonyl (C=O) groups is 2. The lowest BCUT2D eigenvalue weighted by molar-refractivity contribution is 0.101. The Bertz CT molecular complexity index is 1080. The summed E-state index contributed by atoms with van der Waals surface area (Å²) in [6.45, 7) is 9.25. The van der Waals surface area contributed by atoms with Gasteiger partial charge in [0.25, 0.3) is 0 Å². The maximum absolute atomic E-state index is 13.2. The summed E-state index contributed by atoms with van der Waals surface area (Å²) in [6, 6.07) is 5.99. The molecule has 3 rings (SSSR count). The van der Waals surface area contributed by atoms with Crippen molar-refractivity contribution in [2.75, 3.05) is 5.75 Å². The third kappa shape index (κ3) is 4.22. The highest BCUT2D eigenvalue weighted by atomic mass is 32.2. The Morgan fingerprint density at radius 1 is 1.24 bits per heavy atom. The van der Waals surface area contributed by atoms with Gasteiger partial charge in [-0.05, 0) is 50.6 Å². The van der Waals surface area contributed by atoms with Crippen molar-refractivity contribution in [1.82, 2.24) is 19.7 Å². The van der Waals surface area contributed by atoms with Crippen LogP contribution in [-0.4, -0.2) is 37.1 Å². The van der Waals surface area contributed by atoms with E-state index < -0.39 is 0 Å². The Morgan fingerprint density at radius 2 is 1.93 bits per heavy atom. The first-order chi connectivity index (χ1) is 13.8. The highest BCUT2D eigenvalue weighted by Gasteiger charge is 2.21. The normalized spacial score (nSPS) is 10.9. The topological polar surface area (TPSA) is 80.6 Å². The maximum Gasteiger partial charge on any atom is 0.192 e. The SMILES string of the molecule is C=CCn1c(SCC(=O)c2[nH]c(C)c(C(C)=O)c2C)nnc1-c1ccc(F)cc1. The van der Waals surface area contributed by atoms with Crippen molar-refractivity contribution in [3.8, 4) is 11.4 Å². The van der Waals surface area contributed by atoms with E-state index in [1.165, 1.54) is 30.8 Å². The summed E-state index contributed by atoms with van der Waals surface area (Å²) in [7, 11) is 0. The smallest absolute Gasteiger partial charge is 0.192 e. The number of aromatic nitrogens is 4. The molecule has 8 heteroatoms. The number of ketones is 2. The predicted molar refractivity (Wildman–Crippen MR) is 111 cm³/mol. The van der Waals surface area contributed by atoms with Gasteiger partial charge in [-0.25, -0.2) is 4.39 Å². The molecule has 29 heavy (non-hydrogen) atoms. The Morgan fingerprint density at radius 3 is 2.52 bits per heavy atom. The number of halogens is 1. The van der Waals surface area contributed by atoms with E-state index >= 15 is 0 Å². The van der Waals surface area contributed by atoms with E-state index in [1.54, 1.807) is 32.1 Å². The number of benzene rings is 1. The van der Waals surface area contributed by atoms with Crippen molar-refractivity contribution in [2.24, 2.45) is 0 Å². The number of aromatic amines is 1. The predicted octanol–water partition coefficient (Wildman–Crippen LogP) is 4.39. The molecule has 1 aromatic carbocycles. The molecule has 0 atom stereocenters. The quantitative estimate of drug-likeness (QED) is 0.337. The number of rotatable bonds is 8. The average Bonchev–Trinajstić information content (AvgIpc) is 3.21. The zero-order valence-electron chi connectivity index (χ0n) is 16.5. The molecule has 0 aliphatic rings. The fourth-order valence-corrected chi connectivity index (χ4v) is 4.08. The number of nitrogens with zero attached hydrogens (tertiary/aromatic N) is 3. The number of carbonyl (C=O) groups excluding carboxylic acids is 2. The molecule has 0 bridgehead atoms. The summed E-state index contributed by atoms with van der Waals surface area (Å²) in [5.74, 6) is 0.185. The van der Waals surface area contributed by atoms with Gasteiger partial charge >= 0.3 is 0 Å². The molecule has 1 N–H and O–H groups in total. The van der Waals surface area contributed by atoms with Crippen LogP contribution < -0.4 is 0 Å². The van der Waals surface area contributed by atoms with Gasteiger partial charge in [-0.3, -0.25) is 14.2 Å². The molecule has 0 saturated heterocycles. The van der Waals surface area contributed by atoms with E-state index in [0.29, 0.717) is 40.0 Å². The molecule has 3 aromatic rings. The van der Waals surface area contributed by atoms with Crippen molar-refractivity contribution in [3.63, 3.8) is 0 Å².